The van der Waals surface area contributed by atoms with Crippen molar-refractivity contribution in [3.63, 3.8) is 0 Å². The Hall–Kier alpha value is -1.55. The van der Waals surface area contributed by atoms with Crippen LogP contribution in [0, 0.1) is 5.41 Å². The number of nitrogens with one attached hydrogen (secondary N) is 1. The Kier molecular flexibility index (Phi) is 5.46. The highest BCUT2D eigenvalue weighted by Gasteiger charge is 2.33. The minimum atomic E-state index is -0.0317. The van der Waals surface area contributed by atoms with Crippen molar-refractivity contribution < 1.29 is 9.90 Å². The van der Waals surface area contributed by atoms with Crippen LogP contribution in [0.4, 0.5) is 10.5 Å². The van der Waals surface area contributed by atoms with Gasteiger partial charge in [0.1, 0.15) is 0 Å². The molecule has 4 heteroatoms. The van der Waals surface area contributed by atoms with Crippen molar-refractivity contribution in [1.82, 2.24) is 4.90 Å². The van der Waals surface area contributed by atoms with E-state index in [4.69, 9.17) is 0 Å². The summed E-state index contributed by atoms with van der Waals surface area (Å²) in [5, 5.41) is 12.6. The number of piperidine rings is 1. The number of urea groups is 1. The van der Waals surface area contributed by atoms with Crippen LogP contribution in [0.2, 0.25) is 0 Å². The molecule has 1 fully saturated rings. The summed E-state index contributed by atoms with van der Waals surface area (Å²) in [6, 6.07) is 7.94. The van der Waals surface area contributed by atoms with Gasteiger partial charge in [-0.1, -0.05) is 39.0 Å². The number of carbonyl (C=O) groups excluding carboxylic acids is 1. The molecule has 0 saturated carbocycles. The van der Waals surface area contributed by atoms with Crippen LogP contribution in [0.3, 0.4) is 0 Å². The van der Waals surface area contributed by atoms with Gasteiger partial charge in [0.2, 0.25) is 0 Å². The molecule has 0 aromatic heterocycles. The summed E-state index contributed by atoms with van der Waals surface area (Å²) < 4.78 is 0. The van der Waals surface area contributed by atoms with Gasteiger partial charge in [0.15, 0.2) is 0 Å². The third kappa shape index (κ3) is 3.61. The fraction of sp³-hybridized carbons (Fsp3) is 0.611. The molecule has 0 spiro atoms. The number of benzene rings is 1. The average molecular weight is 304 g/mol. The Bertz CT molecular complexity index is 500. The van der Waals surface area contributed by atoms with Gasteiger partial charge < -0.3 is 15.3 Å². The summed E-state index contributed by atoms with van der Waals surface area (Å²) in [6.07, 6.45) is 2.72. The maximum Gasteiger partial charge on any atom is 0.321 e. The minimum absolute atomic E-state index is 0.00657. The van der Waals surface area contributed by atoms with Gasteiger partial charge in [-0.2, -0.15) is 0 Å². The van der Waals surface area contributed by atoms with Crippen molar-refractivity contribution in [2.45, 2.75) is 46.0 Å². The van der Waals surface area contributed by atoms with E-state index in [9.17, 15) is 9.90 Å². The van der Waals surface area contributed by atoms with E-state index >= 15 is 0 Å². The van der Waals surface area contributed by atoms with Crippen LogP contribution in [0.25, 0.3) is 0 Å². The third-order valence-electron chi connectivity index (χ3n) is 5.02. The molecule has 0 atom stereocenters. The molecule has 1 heterocycles. The maximum absolute atomic E-state index is 12.5. The van der Waals surface area contributed by atoms with Gasteiger partial charge in [-0.25, -0.2) is 4.79 Å². The van der Waals surface area contributed by atoms with E-state index in [1.165, 1.54) is 0 Å². The van der Waals surface area contributed by atoms with Crippen molar-refractivity contribution in [2.75, 3.05) is 25.0 Å². The third-order valence-corrected chi connectivity index (χ3v) is 5.02. The van der Waals surface area contributed by atoms with Crippen molar-refractivity contribution in [3.05, 3.63) is 29.8 Å². The molecule has 1 aromatic rings. The van der Waals surface area contributed by atoms with E-state index in [2.05, 4.69) is 32.2 Å². The molecule has 2 amide bonds. The number of hydrogen-bond acceptors (Lipinski definition) is 2. The number of carbonyl (C=O) groups is 1. The number of likely N-dealkylation sites (tertiary alicyclic amines) is 1. The average Bonchev–Trinajstić information content (AvgIpc) is 2.55. The fourth-order valence-electron chi connectivity index (χ4n) is 3.12. The number of rotatable bonds is 4. The second kappa shape index (κ2) is 7.14. The lowest BCUT2D eigenvalue weighted by molar-refractivity contribution is 0.0542. The maximum atomic E-state index is 12.5. The molecule has 1 aliphatic heterocycles. The number of para-hydroxylation sites is 1. The Morgan fingerprint density at radius 1 is 1.32 bits per heavy atom. The molecule has 122 valence electrons. The predicted octanol–water partition coefficient (Wildman–Crippen LogP) is 3.83. The Morgan fingerprint density at radius 3 is 2.50 bits per heavy atom. The lowest BCUT2D eigenvalue weighted by Gasteiger charge is -2.40. The molecular formula is C18H28N2O2. The van der Waals surface area contributed by atoms with Crippen LogP contribution in [0.1, 0.15) is 51.5 Å². The molecule has 2 rings (SSSR count). The molecule has 1 aliphatic rings. The largest absolute Gasteiger partial charge is 0.396 e. The van der Waals surface area contributed by atoms with Gasteiger partial charge in [-0.15, -0.1) is 0 Å². The van der Waals surface area contributed by atoms with Crippen LogP contribution in [0.15, 0.2) is 24.3 Å². The van der Waals surface area contributed by atoms with Crippen molar-refractivity contribution in [1.29, 1.82) is 0 Å². The number of amides is 2. The molecule has 4 nitrogen and oxygen atoms in total. The molecule has 0 radical (unpaired) electrons. The summed E-state index contributed by atoms with van der Waals surface area (Å²) in [7, 11) is 0. The summed E-state index contributed by atoms with van der Waals surface area (Å²) in [5.74, 6) is 0.375. The lowest BCUT2D eigenvalue weighted by Crippen LogP contribution is -2.46. The van der Waals surface area contributed by atoms with Crippen molar-refractivity contribution in [3.8, 4) is 0 Å². The van der Waals surface area contributed by atoms with Crippen molar-refractivity contribution >= 4 is 11.7 Å². The highest BCUT2D eigenvalue weighted by Crippen LogP contribution is 2.34. The van der Waals surface area contributed by atoms with E-state index in [0.717, 1.165) is 30.5 Å². The highest BCUT2D eigenvalue weighted by atomic mass is 16.3. The van der Waals surface area contributed by atoms with Gasteiger partial charge >= 0.3 is 6.03 Å². The molecule has 1 saturated heterocycles. The monoisotopic (exact) mass is 304 g/mol. The molecule has 0 aliphatic carbocycles. The molecule has 0 unspecified atom stereocenters. The van der Waals surface area contributed by atoms with Gasteiger partial charge in [-0.3, -0.25) is 0 Å². The van der Waals surface area contributed by atoms with E-state index in [0.29, 0.717) is 19.0 Å². The first-order valence-electron chi connectivity index (χ1n) is 8.27. The fourth-order valence-corrected chi connectivity index (χ4v) is 3.12. The summed E-state index contributed by atoms with van der Waals surface area (Å²) in [6.45, 7) is 8.01. The van der Waals surface area contributed by atoms with Gasteiger partial charge in [0, 0.05) is 25.4 Å². The van der Waals surface area contributed by atoms with E-state index in [-0.39, 0.29) is 18.1 Å². The van der Waals surface area contributed by atoms with Gasteiger partial charge in [0.05, 0.1) is 0 Å². The minimum Gasteiger partial charge on any atom is -0.396 e. The smallest absolute Gasteiger partial charge is 0.321 e. The van der Waals surface area contributed by atoms with Gasteiger partial charge in [-0.05, 0) is 42.2 Å². The van der Waals surface area contributed by atoms with Crippen LogP contribution in [-0.2, 0) is 0 Å². The quantitative estimate of drug-likeness (QED) is 0.888. The number of nitrogens with zero attached hydrogens (tertiary/aromatic N) is 1. The number of aliphatic hydroxyl groups is 1. The first kappa shape index (κ1) is 16.8. The summed E-state index contributed by atoms with van der Waals surface area (Å²) in [4.78, 5) is 14.3. The lowest BCUT2D eigenvalue weighted by atomic mass is 9.77. The molecule has 2 N–H and O–H groups in total. The zero-order chi connectivity index (χ0) is 16.2. The zero-order valence-corrected chi connectivity index (χ0v) is 13.9. The normalized spacial score (nSPS) is 17.6. The molecule has 0 bridgehead atoms. The van der Waals surface area contributed by atoms with Crippen LogP contribution < -0.4 is 5.32 Å². The SMILES string of the molecule is CCC1(CO)CCN(C(=O)Nc2ccccc2C(C)C)CC1. The Balaban J connectivity index is 2.00. The summed E-state index contributed by atoms with van der Waals surface area (Å²) in [5.41, 5.74) is 2.07. The standard InChI is InChI=1S/C18H28N2O2/c1-4-18(13-21)9-11-20(12-10-18)17(22)19-16-8-6-5-7-15(16)14(2)3/h5-8,14,21H,4,9-13H2,1-3H3,(H,19,22). The molecule has 22 heavy (non-hydrogen) atoms. The Labute approximate surface area is 133 Å². The first-order chi connectivity index (χ1) is 10.5. The van der Waals surface area contributed by atoms with Gasteiger partial charge in [0.25, 0.3) is 0 Å². The number of anilines is 1. The second-order valence-corrected chi connectivity index (χ2v) is 6.67. The Morgan fingerprint density at radius 2 is 1.95 bits per heavy atom. The highest BCUT2D eigenvalue weighted by molar-refractivity contribution is 5.90. The van der Waals surface area contributed by atoms with Crippen LogP contribution in [0.5, 0.6) is 0 Å². The van der Waals surface area contributed by atoms with E-state index in [1.807, 2.05) is 23.1 Å². The summed E-state index contributed by atoms with van der Waals surface area (Å²) >= 11 is 0. The molecular weight excluding hydrogens is 276 g/mol. The van der Waals surface area contributed by atoms with Crippen molar-refractivity contribution in [2.24, 2.45) is 5.41 Å². The molecule has 1 aromatic carbocycles. The topological polar surface area (TPSA) is 52.6 Å². The zero-order valence-electron chi connectivity index (χ0n) is 13.9. The predicted molar refractivity (Wildman–Crippen MR) is 90.2 cm³/mol. The first-order valence-corrected chi connectivity index (χ1v) is 8.27. The number of hydrogen-bond donors (Lipinski definition) is 2. The second-order valence-electron chi connectivity index (χ2n) is 6.67. The number of aliphatic hydroxyl groups excluding tert-OH is 1. The van der Waals surface area contributed by atoms with E-state index < -0.39 is 0 Å². The van der Waals surface area contributed by atoms with E-state index in [1.54, 1.807) is 0 Å². The van der Waals surface area contributed by atoms with Crippen LogP contribution in [-0.4, -0.2) is 35.7 Å². The van der Waals surface area contributed by atoms with Crippen LogP contribution >= 0.6 is 0 Å².